The maximum absolute atomic E-state index is 13.5. The Labute approximate surface area is 288 Å². The Morgan fingerprint density at radius 3 is 2.08 bits per heavy atom. The number of aliphatic hydroxyl groups is 4. The number of hydrogen-bond donors (Lipinski definition) is 9. The van der Waals surface area contributed by atoms with Gasteiger partial charge >= 0.3 is 5.97 Å². The average Bonchev–Trinajstić information content (AvgIpc) is 3.38. The van der Waals surface area contributed by atoms with Gasteiger partial charge in [0.1, 0.15) is 61.6 Å². The minimum Gasteiger partial charge on any atom is -0.508 e. The van der Waals surface area contributed by atoms with Crippen LogP contribution in [0.4, 0.5) is 0 Å². The van der Waals surface area contributed by atoms with Gasteiger partial charge < -0.3 is 51.1 Å². The largest absolute Gasteiger partial charge is 0.508 e. The molecule has 16 heteroatoms. The molecule has 4 rings (SSSR count). The molecule has 9 N–H and O–H groups in total. The number of aromatic hydroxyl groups is 1. The fourth-order valence-electron chi connectivity index (χ4n) is 5.81. The Balaban J connectivity index is 1.61. The van der Waals surface area contributed by atoms with Crippen molar-refractivity contribution in [2.24, 2.45) is 5.92 Å². The molecule has 4 amide bonds. The number of carbonyl (C=O) groups is 5. The summed E-state index contributed by atoms with van der Waals surface area (Å²) in [6.07, 6.45) is -9.30. The number of benzene rings is 2. The summed E-state index contributed by atoms with van der Waals surface area (Å²) in [6, 6.07) is 11.4. The lowest BCUT2D eigenvalue weighted by atomic mass is 10.0. The van der Waals surface area contributed by atoms with Crippen molar-refractivity contribution in [3.63, 3.8) is 0 Å². The van der Waals surface area contributed by atoms with Crippen molar-refractivity contribution in [3.8, 4) is 5.75 Å². The van der Waals surface area contributed by atoms with Crippen molar-refractivity contribution in [1.29, 1.82) is 0 Å². The zero-order valence-corrected chi connectivity index (χ0v) is 27.8. The lowest BCUT2D eigenvalue weighted by Gasteiger charge is -2.33. The Kier molecular flexibility index (Phi) is 13.3. The van der Waals surface area contributed by atoms with Gasteiger partial charge in [-0.05, 0) is 42.0 Å². The molecule has 2 aliphatic heterocycles. The Bertz CT molecular complexity index is 1490. The normalized spacial score (nSPS) is 29.2. The Morgan fingerprint density at radius 1 is 0.780 bits per heavy atom. The van der Waals surface area contributed by atoms with Crippen molar-refractivity contribution < 1.29 is 54.2 Å². The Morgan fingerprint density at radius 2 is 1.42 bits per heavy atom. The number of cyclic esters (lactones) is 1. The Hall–Kier alpha value is -4.61. The number of rotatable bonds is 6. The van der Waals surface area contributed by atoms with Gasteiger partial charge in [-0.25, -0.2) is 4.79 Å². The molecule has 50 heavy (non-hydrogen) atoms. The van der Waals surface area contributed by atoms with Gasteiger partial charge in [-0.15, -0.1) is 0 Å². The van der Waals surface area contributed by atoms with Crippen LogP contribution in [0.1, 0.15) is 31.4 Å². The number of hydrogen-bond acceptors (Lipinski definition) is 12. The molecule has 0 unspecified atom stereocenters. The lowest BCUT2D eigenvalue weighted by Crippen LogP contribution is -2.58. The lowest BCUT2D eigenvalue weighted by molar-refractivity contribution is -0.161. The zero-order valence-electron chi connectivity index (χ0n) is 27.8. The number of nitrogens with zero attached hydrogens (tertiary/aromatic N) is 1. The van der Waals surface area contributed by atoms with E-state index >= 15 is 0 Å². The molecule has 0 aromatic heterocycles. The van der Waals surface area contributed by atoms with Crippen molar-refractivity contribution in [2.75, 3.05) is 19.7 Å². The highest BCUT2D eigenvalue weighted by atomic mass is 16.5. The molecule has 272 valence electrons. The number of ether oxygens (including phenoxy) is 1. The van der Waals surface area contributed by atoms with E-state index in [2.05, 4.69) is 21.3 Å². The van der Waals surface area contributed by atoms with Crippen molar-refractivity contribution >= 4 is 29.6 Å². The number of phenols is 1. The predicted molar refractivity (Wildman–Crippen MR) is 176 cm³/mol. The van der Waals surface area contributed by atoms with Crippen LogP contribution in [-0.4, -0.2) is 128 Å². The van der Waals surface area contributed by atoms with E-state index in [4.69, 9.17) is 4.74 Å². The van der Waals surface area contributed by atoms with E-state index in [1.54, 1.807) is 56.3 Å². The quantitative estimate of drug-likeness (QED) is 0.141. The van der Waals surface area contributed by atoms with Crippen molar-refractivity contribution in [2.45, 2.75) is 81.8 Å². The third-order valence-electron chi connectivity index (χ3n) is 8.48. The van der Waals surface area contributed by atoms with Crippen molar-refractivity contribution in [1.82, 2.24) is 26.2 Å². The summed E-state index contributed by atoms with van der Waals surface area (Å²) < 4.78 is 5.22. The second-order valence-corrected chi connectivity index (χ2v) is 12.9. The van der Waals surface area contributed by atoms with Gasteiger partial charge in [-0.2, -0.15) is 0 Å². The maximum atomic E-state index is 13.5. The summed E-state index contributed by atoms with van der Waals surface area (Å²) in [5.41, 5.74) is 1.31. The number of phenolic OH excluding ortho intramolecular Hbond substituents is 1. The first-order chi connectivity index (χ1) is 23.7. The summed E-state index contributed by atoms with van der Waals surface area (Å²) in [7, 11) is 0. The minimum absolute atomic E-state index is 0.00452. The SMILES string of the molecule is CC(C)C[C@@H]1NC(=O)[C@H](Cc2ccccc2)NC(=O)CNC(=O)CN2C(=O)[C@H](Cc3ccc(O)cc3)N[C@H]2[C@@H](O)[C@@H](O)[C@H](O)[C@H](O)COC1=O. The third kappa shape index (κ3) is 10.2. The molecule has 2 aliphatic rings. The van der Waals surface area contributed by atoms with E-state index in [1.165, 1.54) is 12.1 Å². The summed E-state index contributed by atoms with van der Waals surface area (Å²) in [6.45, 7) is 1.50. The molecule has 0 aliphatic carbocycles. The van der Waals surface area contributed by atoms with Crippen LogP contribution in [-0.2, 0) is 41.6 Å². The van der Waals surface area contributed by atoms with Crippen LogP contribution in [0.2, 0.25) is 0 Å². The van der Waals surface area contributed by atoms with Crippen LogP contribution in [0.15, 0.2) is 54.6 Å². The molecule has 2 heterocycles. The maximum Gasteiger partial charge on any atom is 0.328 e. The highest BCUT2D eigenvalue weighted by Crippen LogP contribution is 2.22. The molecule has 2 aromatic carbocycles. The number of fused-ring (bicyclic) bond motifs is 1. The average molecular weight is 700 g/mol. The summed E-state index contributed by atoms with van der Waals surface area (Å²) in [5, 5.41) is 63.5. The van der Waals surface area contributed by atoms with Crippen LogP contribution >= 0.6 is 0 Å². The summed E-state index contributed by atoms with van der Waals surface area (Å²) in [4.78, 5) is 67.2. The molecule has 8 atom stereocenters. The van der Waals surface area contributed by atoms with E-state index in [0.29, 0.717) is 11.1 Å². The van der Waals surface area contributed by atoms with Crippen LogP contribution in [0.25, 0.3) is 0 Å². The molecule has 16 nitrogen and oxygen atoms in total. The first-order valence-electron chi connectivity index (χ1n) is 16.4. The molecule has 0 saturated carbocycles. The van der Waals surface area contributed by atoms with Crippen molar-refractivity contribution in [3.05, 3.63) is 65.7 Å². The number of amides is 4. The van der Waals surface area contributed by atoms with Crippen LogP contribution in [0.5, 0.6) is 5.75 Å². The van der Waals surface area contributed by atoms with Gasteiger partial charge in [0, 0.05) is 6.42 Å². The first-order valence-corrected chi connectivity index (χ1v) is 16.4. The van der Waals surface area contributed by atoms with E-state index < -0.39 is 98.0 Å². The number of esters is 1. The van der Waals surface area contributed by atoms with Gasteiger partial charge in [-0.1, -0.05) is 56.3 Å². The molecular weight excluding hydrogens is 654 g/mol. The number of aliphatic hydroxyl groups excluding tert-OH is 4. The second kappa shape index (κ2) is 17.4. The predicted octanol–water partition coefficient (Wildman–Crippen LogP) is -2.56. The van der Waals surface area contributed by atoms with E-state index in [1.807, 2.05) is 0 Å². The topological polar surface area (TPSA) is 247 Å². The van der Waals surface area contributed by atoms with Crippen LogP contribution in [0, 0.1) is 5.92 Å². The van der Waals surface area contributed by atoms with Gasteiger partial charge in [-0.3, -0.25) is 24.5 Å². The standard InChI is InChI=1S/C34H45N5O11/c1-18(2)12-24-34(49)50-17-25(41)28(44)29(45)30(46)31-37-23(14-20-8-10-21(40)11-9-20)33(48)39(31)16-27(43)35-15-26(42)36-22(32(47)38-24)13-19-6-4-3-5-7-19/h3-11,18,22-25,28-31,37,40-41,44-46H,12-17H2,1-2H3,(H,35,43)(H,36,42)(H,38,47)/t22-,23-,24-,25+,28+,29-,30-,31+/m0/s1. The zero-order chi connectivity index (χ0) is 36.5. The first kappa shape index (κ1) is 38.2. The minimum atomic E-state index is -2.11. The molecule has 2 saturated heterocycles. The highest BCUT2D eigenvalue weighted by molar-refractivity contribution is 5.93. The van der Waals surface area contributed by atoms with E-state index in [-0.39, 0.29) is 30.9 Å². The van der Waals surface area contributed by atoms with Gasteiger partial charge in [0.15, 0.2) is 0 Å². The van der Waals surface area contributed by atoms with Gasteiger partial charge in [0.2, 0.25) is 23.6 Å². The smallest absolute Gasteiger partial charge is 0.328 e. The van der Waals surface area contributed by atoms with Crippen LogP contribution < -0.4 is 21.3 Å². The van der Waals surface area contributed by atoms with Crippen LogP contribution in [0.3, 0.4) is 0 Å². The molecule has 2 aromatic rings. The molecular formula is C34H45N5O11. The summed E-state index contributed by atoms with van der Waals surface area (Å²) in [5.74, 6) is -3.99. The molecule has 0 radical (unpaired) electrons. The summed E-state index contributed by atoms with van der Waals surface area (Å²) >= 11 is 0. The molecule has 0 spiro atoms. The van der Waals surface area contributed by atoms with E-state index in [9.17, 15) is 49.5 Å². The highest BCUT2D eigenvalue weighted by Gasteiger charge is 2.47. The van der Waals surface area contributed by atoms with Gasteiger partial charge in [0.25, 0.3) is 0 Å². The number of nitrogens with one attached hydrogen (secondary N) is 4. The molecule has 0 bridgehead atoms. The second-order valence-electron chi connectivity index (χ2n) is 12.9. The molecule has 2 fully saturated rings. The monoisotopic (exact) mass is 699 g/mol. The fourth-order valence-corrected chi connectivity index (χ4v) is 5.81. The fraction of sp³-hybridized carbons (Fsp3) is 0.500. The number of carbonyl (C=O) groups excluding carboxylic acids is 5. The van der Waals surface area contributed by atoms with Gasteiger partial charge in [0.05, 0.1) is 12.6 Å². The third-order valence-corrected chi connectivity index (χ3v) is 8.48. The van der Waals surface area contributed by atoms with E-state index in [0.717, 1.165) is 4.90 Å².